The molecule has 0 radical (unpaired) electrons. The van der Waals surface area contributed by atoms with E-state index in [9.17, 15) is 4.79 Å². The molecule has 0 aliphatic carbocycles. The van der Waals surface area contributed by atoms with Gasteiger partial charge in [-0.3, -0.25) is 4.79 Å². The van der Waals surface area contributed by atoms with E-state index in [2.05, 4.69) is 18.8 Å². The highest BCUT2D eigenvalue weighted by Crippen LogP contribution is 2.35. The van der Waals surface area contributed by atoms with Crippen LogP contribution in [0, 0.1) is 0 Å². The van der Waals surface area contributed by atoms with Gasteiger partial charge in [0.2, 0.25) is 0 Å². The summed E-state index contributed by atoms with van der Waals surface area (Å²) in [5.74, 6) is -0.0890. The van der Waals surface area contributed by atoms with Gasteiger partial charge in [0.15, 0.2) is 0 Å². The number of aromatic nitrogens is 2. The minimum atomic E-state index is -0.877. The Labute approximate surface area is 133 Å². The normalized spacial score (nSPS) is 11.1. The average molecular weight is 325 g/mol. The number of aliphatic carboxylic acids is 1. The lowest BCUT2D eigenvalue weighted by Gasteiger charge is -2.08. The van der Waals surface area contributed by atoms with Crippen LogP contribution in [0.2, 0.25) is 5.02 Å². The van der Waals surface area contributed by atoms with Crippen LogP contribution in [-0.4, -0.2) is 20.6 Å². The number of hydrogen-bond donors (Lipinski definition) is 1. The molecular weight excluding hydrogens is 308 g/mol. The van der Waals surface area contributed by atoms with Crippen molar-refractivity contribution in [2.75, 3.05) is 0 Å². The van der Waals surface area contributed by atoms with E-state index in [-0.39, 0.29) is 12.3 Å². The molecule has 1 heterocycles. The molecule has 2 aromatic rings. The molecule has 6 heteroatoms. The standard InChI is InChI=1S/C15H17ClN2O2S/c1-9(2)14-15(18(3)12(17-14)8-13(19)20)21-11-6-4-5-10(16)7-11/h4-7,9H,8H2,1-3H3,(H,19,20). The average Bonchev–Trinajstić information content (AvgIpc) is 2.67. The maximum atomic E-state index is 10.9. The predicted molar refractivity (Wildman–Crippen MR) is 84.2 cm³/mol. The number of hydrogen-bond acceptors (Lipinski definition) is 3. The van der Waals surface area contributed by atoms with E-state index in [0.29, 0.717) is 10.8 Å². The lowest BCUT2D eigenvalue weighted by atomic mass is 10.1. The van der Waals surface area contributed by atoms with Gasteiger partial charge in [-0.25, -0.2) is 4.98 Å². The second-order valence-corrected chi connectivity index (χ2v) is 6.56. The number of carboxylic acid groups (broad SMARTS) is 1. The Hall–Kier alpha value is -1.46. The first-order valence-corrected chi connectivity index (χ1v) is 7.78. The van der Waals surface area contributed by atoms with Crippen LogP contribution in [0.4, 0.5) is 0 Å². The maximum Gasteiger partial charge on any atom is 0.311 e. The van der Waals surface area contributed by atoms with Gasteiger partial charge >= 0.3 is 5.97 Å². The highest BCUT2D eigenvalue weighted by Gasteiger charge is 2.19. The van der Waals surface area contributed by atoms with Crippen LogP contribution in [0.25, 0.3) is 0 Å². The number of rotatable bonds is 5. The monoisotopic (exact) mass is 324 g/mol. The lowest BCUT2D eigenvalue weighted by Crippen LogP contribution is -2.06. The number of carboxylic acids is 1. The minimum Gasteiger partial charge on any atom is -0.481 e. The molecule has 4 nitrogen and oxygen atoms in total. The third-order valence-electron chi connectivity index (χ3n) is 3.03. The minimum absolute atomic E-state index is 0.0771. The molecule has 0 aliphatic rings. The Balaban J connectivity index is 2.41. The van der Waals surface area contributed by atoms with Crippen molar-refractivity contribution in [2.45, 2.75) is 36.1 Å². The first-order chi connectivity index (χ1) is 9.88. The summed E-state index contributed by atoms with van der Waals surface area (Å²) in [4.78, 5) is 16.4. The van der Waals surface area contributed by atoms with Crippen molar-refractivity contribution in [3.63, 3.8) is 0 Å². The van der Waals surface area contributed by atoms with Crippen LogP contribution in [0.5, 0.6) is 0 Å². The zero-order valence-electron chi connectivity index (χ0n) is 12.1. The fraction of sp³-hybridized carbons (Fsp3) is 0.333. The highest BCUT2D eigenvalue weighted by molar-refractivity contribution is 7.99. The van der Waals surface area contributed by atoms with Gasteiger partial charge in [-0.1, -0.05) is 43.3 Å². The van der Waals surface area contributed by atoms with Gasteiger partial charge in [-0.2, -0.15) is 0 Å². The molecule has 0 bridgehead atoms. The summed E-state index contributed by atoms with van der Waals surface area (Å²) in [5.41, 5.74) is 0.915. The molecule has 0 atom stereocenters. The number of nitrogens with zero attached hydrogens (tertiary/aromatic N) is 2. The molecule has 1 N–H and O–H groups in total. The molecule has 112 valence electrons. The first-order valence-electron chi connectivity index (χ1n) is 6.59. The van der Waals surface area contributed by atoms with Gasteiger partial charge in [0, 0.05) is 17.0 Å². The smallest absolute Gasteiger partial charge is 0.311 e. The van der Waals surface area contributed by atoms with E-state index < -0.39 is 5.97 Å². The number of benzene rings is 1. The summed E-state index contributed by atoms with van der Waals surface area (Å²) in [5, 5.41) is 10.6. The summed E-state index contributed by atoms with van der Waals surface area (Å²) in [6.45, 7) is 4.10. The fourth-order valence-electron chi connectivity index (χ4n) is 1.98. The molecule has 0 saturated carbocycles. The number of halogens is 1. The van der Waals surface area contributed by atoms with Crippen molar-refractivity contribution in [1.82, 2.24) is 9.55 Å². The van der Waals surface area contributed by atoms with Gasteiger partial charge in [-0.15, -0.1) is 0 Å². The van der Waals surface area contributed by atoms with Gasteiger partial charge in [0.05, 0.1) is 5.69 Å². The zero-order chi connectivity index (χ0) is 15.6. The molecule has 0 spiro atoms. The van der Waals surface area contributed by atoms with Gasteiger partial charge in [-0.05, 0) is 24.1 Å². The van der Waals surface area contributed by atoms with E-state index in [4.69, 9.17) is 16.7 Å². The van der Waals surface area contributed by atoms with Crippen molar-refractivity contribution in [1.29, 1.82) is 0 Å². The molecule has 0 aliphatic heterocycles. The van der Waals surface area contributed by atoms with Crippen molar-refractivity contribution in [2.24, 2.45) is 7.05 Å². The number of carbonyl (C=O) groups is 1. The van der Waals surface area contributed by atoms with Crippen LogP contribution < -0.4 is 0 Å². The summed E-state index contributed by atoms with van der Waals surface area (Å²) < 4.78 is 1.86. The second kappa shape index (κ2) is 6.54. The van der Waals surface area contributed by atoms with Crippen LogP contribution in [0.1, 0.15) is 31.3 Å². The molecule has 0 fully saturated rings. The summed E-state index contributed by atoms with van der Waals surface area (Å²) in [6.07, 6.45) is -0.0771. The summed E-state index contributed by atoms with van der Waals surface area (Å²) in [7, 11) is 1.85. The van der Waals surface area contributed by atoms with Crippen molar-refractivity contribution < 1.29 is 9.90 Å². The maximum absolute atomic E-state index is 10.9. The largest absolute Gasteiger partial charge is 0.481 e. The molecule has 0 unspecified atom stereocenters. The molecular formula is C15H17ClN2O2S. The molecule has 0 amide bonds. The van der Waals surface area contributed by atoms with Crippen LogP contribution in [0.15, 0.2) is 34.2 Å². The van der Waals surface area contributed by atoms with Gasteiger partial charge < -0.3 is 9.67 Å². The second-order valence-electron chi connectivity index (χ2n) is 5.06. The van der Waals surface area contributed by atoms with Crippen LogP contribution in [-0.2, 0) is 18.3 Å². The quantitative estimate of drug-likeness (QED) is 0.904. The van der Waals surface area contributed by atoms with E-state index in [1.807, 2.05) is 35.9 Å². The van der Waals surface area contributed by atoms with E-state index in [1.54, 1.807) is 11.8 Å². The van der Waals surface area contributed by atoms with Crippen molar-refractivity contribution >= 4 is 29.3 Å². The number of imidazole rings is 1. The Morgan fingerprint density at radius 1 is 1.48 bits per heavy atom. The highest BCUT2D eigenvalue weighted by atomic mass is 35.5. The topological polar surface area (TPSA) is 55.1 Å². The molecule has 21 heavy (non-hydrogen) atoms. The molecule has 1 aromatic heterocycles. The predicted octanol–water partition coefficient (Wildman–Crippen LogP) is 3.98. The Bertz CT molecular complexity index is 668. The van der Waals surface area contributed by atoms with Crippen molar-refractivity contribution in [3.8, 4) is 0 Å². The molecule has 1 aromatic carbocycles. The summed E-state index contributed by atoms with van der Waals surface area (Å²) in [6, 6.07) is 7.59. The van der Waals surface area contributed by atoms with Crippen LogP contribution in [0.3, 0.4) is 0 Å². The fourth-order valence-corrected chi connectivity index (χ4v) is 3.42. The van der Waals surface area contributed by atoms with Crippen molar-refractivity contribution in [3.05, 3.63) is 40.8 Å². The van der Waals surface area contributed by atoms with Gasteiger partial charge in [0.25, 0.3) is 0 Å². The first kappa shape index (κ1) is 15.9. The molecule has 0 saturated heterocycles. The lowest BCUT2D eigenvalue weighted by molar-refractivity contribution is -0.136. The SMILES string of the molecule is CC(C)c1nc(CC(=O)O)n(C)c1Sc1cccc(Cl)c1. The van der Waals surface area contributed by atoms with E-state index in [0.717, 1.165) is 15.6 Å². The molecule has 2 rings (SSSR count). The Morgan fingerprint density at radius 3 is 2.76 bits per heavy atom. The third-order valence-corrected chi connectivity index (χ3v) is 4.43. The zero-order valence-corrected chi connectivity index (χ0v) is 13.7. The van der Waals surface area contributed by atoms with Gasteiger partial charge in [0.1, 0.15) is 17.3 Å². The third kappa shape index (κ3) is 3.80. The Kier molecular flexibility index (Phi) is 4.96. The Morgan fingerprint density at radius 2 is 2.19 bits per heavy atom. The van der Waals surface area contributed by atoms with Crippen LogP contribution >= 0.6 is 23.4 Å². The summed E-state index contributed by atoms with van der Waals surface area (Å²) >= 11 is 7.57. The van der Waals surface area contributed by atoms with E-state index >= 15 is 0 Å². The van der Waals surface area contributed by atoms with E-state index in [1.165, 1.54) is 0 Å².